The number of nitrogens with two attached hydrogens (primary N) is 1. The lowest BCUT2D eigenvalue weighted by Gasteiger charge is -2.14. The first-order valence-electron chi connectivity index (χ1n) is 7.69. The van der Waals surface area contributed by atoms with E-state index in [0.717, 1.165) is 30.7 Å². The minimum atomic E-state index is -0.468. The monoisotopic (exact) mass is 273 g/mol. The van der Waals surface area contributed by atoms with Crippen LogP contribution in [0.1, 0.15) is 51.9 Å². The van der Waals surface area contributed by atoms with Crippen LogP contribution >= 0.6 is 0 Å². The third-order valence-electron chi connectivity index (χ3n) is 4.39. The summed E-state index contributed by atoms with van der Waals surface area (Å²) < 4.78 is 0. The van der Waals surface area contributed by atoms with Gasteiger partial charge < -0.3 is 11.1 Å². The van der Waals surface area contributed by atoms with Crippen molar-refractivity contribution in [3.05, 3.63) is 22.5 Å². The van der Waals surface area contributed by atoms with E-state index in [0.29, 0.717) is 11.8 Å². The number of primary amides is 1. The van der Waals surface area contributed by atoms with Gasteiger partial charge in [-0.25, -0.2) is 4.79 Å². The Morgan fingerprint density at radius 3 is 2.65 bits per heavy atom. The Bertz CT molecular complexity index is 508. The van der Waals surface area contributed by atoms with Crippen molar-refractivity contribution in [2.45, 2.75) is 51.9 Å². The molecule has 3 rings (SSSR count). The highest BCUT2D eigenvalue weighted by molar-refractivity contribution is 5.75. The molecule has 0 atom stereocenters. The summed E-state index contributed by atoms with van der Waals surface area (Å²) in [6, 6.07) is -0.468. The highest BCUT2D eigenvalue weighted by Crippen LogP contribution is 2.41. The summed E-state index contributed by atoms with van der Waals surface area (Å²) in [4.78, 5) is 16.0. The maximum Gasteiger partial charge on any atom is 0.316 e. The summed E-state index contributed by atoms with van der Waals surface area (Å²) in [5.41, 5.74) is 9.95. The van der Waals surface area contributed by atoms with Gasteiger partial charge in [0.05, 0.1) is 0 Å². The summed E-state index contributed by atoms with van der Waals surface area (Å²) in [5.74, 6) is 1.31. The predicted molar refractivity (Wildman–Crippen MR) is 80.2 cm³/mol. The third-order valence-corrected chi connectivity index (χ3v) is 4.39. The fourth-order valence-electron chi connectivity index (χ4n) is 2.84. The Morgan fingerprint density at radius 2 is 2.05 bits per heavy atom. The average molecular weight is 273 g/mol. The van der Waals surface area contributed by atoms with Crippen LogP contribution in [0.3, 0.4) is 0 Å². The van der Waals surface area contributed by atoms with Gasteiger partial charge in [-0.1, -0.05) is 0 Å². The molecule has 0 spiro atoms. The largest absolute Gasteiger partial charge is 0.351 e. The van der Waals surface area contributed by atoms with Crippen LogP contribution in [0.25, 0.3) is 0 Å². The summed E-state index contributed by atoms with van der Waals surface area (Å²) in [6.07, 6.45) is 10.2. The molecule has 0 unspecified atom stereocenters. The first kappa shape index (κ1) is 13.4. The molecule has 0 aromatic carbocycles. The molecule has 0 aliphatic heterocycles. The van der Waals surface area contributed by atoms with E-state index in [2.05, 4.69) is 23.4 Å². The minimum absolute atomic E-state index is 0.468. The molecule has 2 amide bonds. The van der Waals surface area contributed by atoms with Crippen LogP contribution in [0.15, 0.2) is 27.5 Å². The lowest BCUT2D eigenvalue weighted by molar-refractivity contribution is 0.251. The van der Waals surface area contributed by atoms with E-state index in [9.17, 15) is 4.79 Å². The Kier molecular flexibility index (Phi) is 3.64. The molecule has 20 heavy (non-hydrogen) atoms. The van der Waals surface area contributed by atoms with Gasteiger partial charge in [0.15, 0.2) is 0 Å². The molecule has 0 aromatic heterocycles. The number of nitrogens with zero attached hydrogens (tertiary/aromatic N) is 1. The molecule has 2 saturated carbocycles. The number of nitrogens with one attached hydrogen (secondary N) is 1. The minimum Gasteiger partial charge on any atom is -0.351 e. The number of urea groups is 1. The highest BCUT2D eigenvalue weighted by Gasteiger charge is 2.29. The molecule has 4 heteroatoms. The van der Waals surface area contributed by atoms with Crippen LogP contribution < -0.4 is 11.1 Å². The molecule has 108 valence electrons. The topological polar surface area (TPSA) is 67.5 Å². The SMILES string of the molecule is C/C(=C(/NC(N)=O)C1=C(N=CC2CC2)CCC1)C1CC1. The lowest BCUT2D eigenvalue weighted by atomic mass is 10.0. The normalized spacial score (nSPS) is 24.2. The summed E-state index contributed by atoms with van der Waals surface area (Å²) >= 11 is 0. The standard InChI is InChI=1S/C16H23N3O/c1-10(12-7-8-12)15(19-16(17)20)13-3-2-4-14(13)18-9-11-5-6-11/h9,11-12H,2-8H2,1H3,(H3,17,19,20)/b15-10-,18-9?. The van der Waals surface area contributed by atoms with Gasteiger partial charge in [-0.05, 0) is 74.9 Å². The number of carbonyl (C=O) groups excluding carboxylic acids is 1. The van der Waals surface area contributed by atoms with Gasteiger partial charge in [0.25, 0.3) is 0 Å². The van der Waals surface area contributed by atoms with Crippen LogP contribution in [0.4, 0.5) is 4.79 Å². The van der Waals surface area contributed by atoms with Crippen LogP contribution in [-0.4, -0.2) is 12.2 Å². The molecule has 0 heterocycles. The smallest absolute Gasteiger partial charge is 0.316 e. The van der Waals surface area contributed by atoms with Gasteiger partial charge in [0.1, 0.15) is 0 Å². The van der Waals surface area contributed by atoms with Gasteiger partial charge >= 0.3 is 6.03 Å². The second-order valence-electron chi connectivity index (χ2n) is 6.22. The van der Waals surface area contributed by atoms with Crippen molar-refractivity contribution in [3.8, 4) is 0 Å². The Balaban J connectivity index is 1.89. The quantitative estimate of drug-likeness (QED) is 0.742. The van der Waals surface area contributed by atoms with E-state index in [-0.39, 0.29) is 0 Å². The van der Waals surface area contributed by atoms with Crippen molar-refractivity contribution < 1.29 is 4.79 Å². The fourth-order valence-corrected chi connectivity index (χ4v) is 2.84. The molecule has 0 radical (unpaired) electrons. The molecular weight excluding hydrogens is 250 g/mol. The first-order valence-corrected chi connectivity index (χ1v) is 7.69. The molecule has 0 bridgehead atoms. The number of rotatable bonds is 5. The average Bonchev–Trinajstić information content (AvgIpc) is 3.31. The van der Waals surface area contributed by atoms with E-state index in [1.165, 1.54) is 36.8 Å². The molecule has 0 saturated heterocycles. The predicted octanol–water partition coefficient (Wildman–Crippen LogP) is 3.26. The van der Waals surface area contributed by atoms with Crippen LogP contribution in [0.2, 0.25) is 0 Å². The van der Waals surface area contributed by atoms with Crippen molar-refractivity contribution in [3.63, 3.8) is 0 Å². The number of hydrogen-bond acceptors (Lipinski definition) is 2. The van der Waals surface area contributed by atoms with Crippen molar-refractivity contribution >= 4 is 12.2 Å². The Morgan fingerprint density at radius 1 is 1.30 bits per heavy atom. The molecule has 3 aliphatic rings. The second kappa shape index (κ2) is 5.43. The van der Waals surface area contributed by atoms with Crippen molar-refractivity contribution in [1.82, 2.24) is 5.32 Å². The highest BCUT2D eigenvalue weighted by atomic mass is 16.2. The second-order valence-corrected chi connectivity index (χ2v) is 6.22. The number of hydrogen-bond donors (Lipinski definition) is 2. The van der Waals surface area contributed by atoms with Crippen LogP contribution in [0.5, 0.6) is 0 Å². The Hall–Kier alpha value is -1.58. The molecular formula is C16H23N3O. The molecule has 4 nitrogen and oxygen atoms in total. The zero-order valence-corrected chi connectivity index (χ0v) is 12.1. The van der Waals surface area contributed by atoms with Gasteiger partial charge in [-0.15, -0.1) is 0 Å². The van der Waals surface area contributed by atoms with Gasteiger partial charge in [0.2, 0.25) is 0 Å². The molecule has 3 aliphatic carbocycles. The third kappa shape index (κ3) is 3.11. The number of carbonyl (C=O) groups is 1. The summed E-state index contributed by atoms with van der Waals surface area (Å²) in [6.45, 7) is 2.12. The molecule has 2 fully saturated rings. The van der Waals surface area contributed by atoms with Crippen molar-refractivity contribution in [2.24, 2.45) is 22.6 Å². The van der Waals surface area contributed by atoms with Gasteiger partial charge in [-0.2, -0.15) is 0 Å². The first-order chi connectivity index (χ1) is 9.65. The summed E-state index contributed by atoms with van der Waals surface area (Å²) in [5, 5.41) is 2.86. The maximum atomic E-state index is 11.3. The maximum absolute atomic E-state index is 11.3. The van der Waals surface area contributed by atoms with E-state index < -0.39 is 6.03 Å². The lowest BCUT2D eigenvalue weighted by Crippen LogP contribution is -2.30. The number of aliphatic imine (C=N–C) groups is 1. The zero-order valence-electron chi connectivity index (χ0n) is 12.1. The van der Waals surface area contributed by atoms with Crippen LogP contribution in [-0.2, 0) is 0 Å². The van der Waals surface area contributed by atoms with Gasteiger partial charge in [-0.3, -0.25) is 4.99 Å². The number of allylic oxidation sites excluding steroid dienone is 3. The molecule has 0 aromatic rings. The van der Waals surface area contributed by atoms with Crippen molar-refractivity contribution in [2.75, 3.05) is 0 Å². The van der Waals surface area contributed by atoms with E-state index in [4.69, 9.17) is 5.73 Å². The van der Waals surface area contributed by atoms with E-state index in [1.807, 2.05) is 0 Å². The fraction of sp³-hybridized carbons (Fsp3) is 0.625. The van der Waals surface area contributed by atoms with E-state index >= 15 is 0 Å². The zero-order chi connectivity index (χ0) is 14.1. The Labute approximate surface area is 120 Å². The van der Waals surface area contributed by atoms with E-state index in [1.54, 1.807) is 0 Å². The number of amides is 2. The molecule has 3 N–H and O–H groups in total. The summed E-state index contributed by atoms with van der Waals surface area (Å²) in [7, 11) is 0. The van der Waals surface area contributed by atoms with Gasteiger partial charge in [0, 0.05) is 17.6 Å². The van der Waals surface area contributed by atoms with Crippen LogP contribution in [0, 0.1) is 11.8 Å². The van der Waals surface area contributed by atoms with Crippen molar-refractivity contribution in [1.29, 1.82) is 0 Å².